The molecule has 0 atom stereocenters. The molecule has 0 bridgehead atoms. The Labute approximate surface area is 107 Å². The normalized spacial score (nSPS) is 10.3. The van der Waals surface area contributed by atoms with Gasteiger partial charge in [-0.1, -0.05) is 11.6 Å². The molecule has 0 radical (unpaired) electrons. The van der Waals surface area contributed by atoms with Gasteiger partial charge < -0.3 is 15.6 Å². The van der Waals surface area contributed by atoms with Crippen molar-refractivity contribution in [2.24, 2.45) is 10.8 Å². The second kappa shape index (κ2) is 6.45. The molecule has 0 aliphatic rings. The monoisotopic (exact) mass is 271 g/mol. The first-order valence-corrected chi connectivity index (χ1v) is 5.09. The molecule has 0 aromatic heterocycles. The fourth-order valence-corrected chi connectivity index (χ4v) is 1.27. The maximum Gasteiger partial charge on any atom is 0.341 e. The summed E-state index contributed by atoms with van der Waals surface area (Å²) in [6, 6.07) is 3.82. The maximum absolute atomic E-state index is 10.4. The summed E-state index contributed by atoms with van der Waals surface area (Å²) in [6.45, 7) is -0.476. The molecule has 1 aromatic rings. The number of carboxylic acids is 1. The van der Waals surface area contributed by atoms with Gasteiger partial charge in [0.05, 0.1) is 11.2 Å². The fourth-order valence-electron chi connectivity index (χ4n) is 1.02. The Morgan fingerprint density at radius 1 is 1.56 bits per heavy atom. The van der Waals surface area contributed by atoms with Crippen molar-refractivity contribution in [3.8, 4) is 5.75 Å². The van der Waals surface area contributed by atoms with Crippen LogP contribution in [0.1, 0.15) is 5.56 Å². The lowest BCUT2D eigenvalue weighted by molar-refractivity contribution is -0.139. The van der Waals surface area contributed by atoms with Crippen LogP contribution in [0.2, 0.25) is 5.02 Å². The molecule has 0 saturated heterocycles. The number of ether oxygens (including phenoxy) is 1. The number of carboxylic acid groups (broad SMARTS) is 1. The first-order chi connectivity index (χ1) is 8.49. The average molecular weight is 272 g/mol. The van der Waals surface area contributed by atoms with Gasteiger partial charge in [0.1, 0.15) is 5.75 Å². The van der Waals surface area contributed by atoms with Gasteiger partial charge in [-0.3, -0.25) is 0 Å². The summed E-state index contributed by atoms with van der Waals surface area (Å²) in [4.78, 5) is 20.7. The molecule has 0 spiro atoms. The predicted octanol–water partition coefficient (Wildman–Crippen LogP) is 0.806. The summed E-state index contributed by atoms with van der Waals surface area (Å²) in [7, 11) is 0. The third-order valence-corrected chi connectivity index (χ3v) is 1.99. The Hall–Kier alpha value is -2.28. The van der Waals surface area contributed by atoms with Crippen LogP contribution in [-0.4, -0.2) is 29.9 Å². The molecule has 8 heteroatoms. The summed E-state index contributed by atoms with van der Waals surface area (Å²) < 4.78 is 4.93. The number of hydrogen-bond acceptors (Lipinski definition) is 4. The van der Waals surface area contributed by atoms with Crippen LogP contribution in [0.15, 0.2) is 23.3 Å². The molecule has 4 N–H and O–H groups in total. The Morgan fingerprint density at radius 3 is 2.83 bits per heavy atom. The van der Waals surface area contributed by atoms with Crippen molar-refractivity contribution >= 4 is 29.8 Å². The van der Waals surface area contributed by atoms with Crippen molar-refractivity contribution in [1.82, 2.24) is 5.43 Å². The van der Waals surface area contributed by atoms with E-state index in [1.165, 1.54) is 18.3 Å². The predicted molar refractivity (Wildman–Crippen MR) is 64.9 cm³/mol. The number of carbonyl (C=O) groups is 2. The van der Waals surface area contributed by atoms with Gasteiger partial charge in [0.15, 0.2) is 6.61 Å². The molecule has 0 heterocycles. The zero-order valence-electron chi connectivity index (χ0n) is 9.09. The third kappa shape index (κ3) is 4.71. The Balaban J connectivity index is 2.69. The molecule has 1 rings (SSSR count). The molecule has 7 nitrogen and oxygen atoms in total. The highest BCUT2D eigenvalue weighted by Gasteiger charge is 2.04. The number of primary amides is 1. The van der Waals surface area contributed by atoms with E-state index >= 15 is 0 Å². The smallest absolute Gasteiger partial charge is 0.341 e. The van der Waals surface area contributed by atoms with Gasteiger partial charge in [0.2, 0.25) is 0 Å². The molecular weight excluding hydrogens is 262 g/mol. The van der Waals surface area contributed by atoms with E-state index in [1.807, 2.05) is 5.43 Å². The molecule has 0 unspecified atom stereocenters. The molecule has 18 heavy (non-hydrogen) atoms. The van der Waals surface area contributed by atoms with E-state index in [4.69, 9.17) is 27.2 Å². The van der Waals surface area contributed by atoms with Crippen molar-refractivity contribution in [3.05, 3.63) is 28.8 Å². The highest BCUT2D eigenvalue weighted by Crippen LogP contribution is 2.24. The number of urea groups is 1. The molecule has 2 amide bonds. The van der Waals surface area contributed by atoms with Gasteiger partial charge in [0.25, 0.3) is 0 Å². The zero-order valence-corrected chi connectivity index (χ0v) is 9.85. The number of benzene rings is 1. The van der Waals surface area contributed by atoms with Gasteiger partial charge in [0, 0.05) is 0 Å². The number of hydrogen-bond donors (Lipinski definition) is 3. The van der Waals surface area contributed by atoms with Gasteiger partial charge in [-0.25, -0.2) is 15.0 Å². The van der Waals surface area contributed by atoms with Crippen LogP contribution < -0.4 is 15.9 Å². The molecule has 96 valence electrons. The number of carbonyl (C=O) groups excluding carboxylic acids is 1. The average Bonchev–Trinajstić information content (AvgIpc) is 2.27. The molecule has 0 aliphatic heterocycles. The van der Waals surface area contributed by atoms with E-state index in [0.29, 0.717) is 5.56 Å². The summed E-state index contributed by atoms with van der Waals surface area (Å²) >= 11 is 5.86. The van der Waals surface area contributed by atoms with Crippen LogP contribution in [-0.2, 0) is 4.79 Å². The number of amides is 2. The van der Waals surface area contributed by atoms with Crippen molar-refractivity contribution in [2.75, 3.05) is 6.61 Å². The topological polar surface area (TPSA) is 114 Å². The second-order valence-electron chi connectivity index (χ2n) is 3.11. The quantitative estimate of drug-likeness (QED) is 0.543. The Kier molecular flexibility index (Phi) is 4.94. The largest absolute Gasteiger partial charge is 0.480 e. The lowest BCUT2D eigenvalue weighted by Gasteiger charge is -2.05. The minimum absolute atomic E-state index is 0.235. The van der Waals surface area contributed by atoms with Crippen LogP contribution in [0.25, 0.3) is 0 Å². The first kappa shape index (κ1) is 13.8. The molecule has 0 saturated carbocycles. The van der Waals surface area contributed by atoms with Gasteiger partial charge in [-0.2, -0.15) is 5.10 Å². The van der Waals surface area contributed by atoms with Crippen LogP contribution >= 0.6 is 11.6 Å². The van der Waals surface area contributed by atoms with Crippen LogP contribution in [0.4, 0.5) is 4.79 Å². The van der Waals surface area contributed by atoms with E-state index in [2.05, 4.69) is 5.10 Å². The summed E-state index contributed by atoms with van der Waals surface area (Å²) in [6.07, 6.45) is 1.33. The first-order valence-electron chi connectivity index (χ1n) is 4.71. The van der Waals surface area contributed by atoms with Gasteiger partial charge >= 0.3 is 12.0 Å². The lowest BCUT2D eigenvalue weighted by Crippen LogP contribution is -2.24. The fraction of sp³-hybridized carbons (Fsp3) is 0.100. The van der Waals surface area contributed by atoms with Gasteiger partial charge in [-0.15, -0.1) is 0 Å². The van der Waals surface area contributed by atoms with E-state index in [-0.39, 0.29) is 10.8 Å². The summed E-state index contributed by atoms with van der Waals surface area (Å²) in [5.41, 5.74) is 7.43. The number of nitrogens with zero attached hydrogens (tertiary/aromatic N) is 1. The SMILES string of the molecule is NC(=O)N/N=C\c1ccc(OCC(=O)O)c(Cl)c1. The minimum Gasteiger partial charge on any atom is -0.480 e. The second-order valence-corrected chi connectivity index (χ2v) is 3.51. The van der Waals surface area contributed by atoms with Crippen LogP contribution in [0.3, 0.4) is 0 Å². The van der Waals surface area contributed by atoms with E-state index in [9.17, 15) is 9.59 Å². The molecular formula is C10H10ClN3O4. The zero-order chi connectivity index (χ0) is 13.5. The Morgan fingerprint density at radius 2 is 2.28 bits per heavy atom. The lowest BCUT2D eigenvalue weighted by atomic mass is 10.2. The van der Waals surface area contributed by atoms with Crippen molar-refractivity contribution in [3.63, 3.8) is 0 Å². The van der Waals surface area contributed by atoms with E-state index in [1.54, 1.807) is 6.07 Å². The number of nitrogens with one attached hydrogen (secondary N) is 1. The van der Waals surface area contributed by atoms with Crippen molar-refractivity contribution in [1.29, 1.82) is 0 Å². The standard InChI is InChI=1S/C10H10ClN3O4/c11-7-3-6(4-13-14-10(12)17)1-2-8(7)18-5-9(15)16/h1-4H,5H2,(H,15,16)(H3,12,14,17)/b13-4-. The van der Waals surface area contributed by atoms with E-state index < -0.39 is 18.6 Å². The van der Waals surface area contributed by atoms with E-state index in [0.717, 1.165) is 0 Å². The number of hydrazone groups is 1. The van der Waals surface area contributed by atoms with Crippen LogP contribution in [0, 0.1) is 0 Å². The van der Waals surface area contributed by atoms with Gasteiger partial charge in [-0.05, 0) is 23.8 Å². The highest BCUT2D eigenvalue weighted by atomic mass is 35.5. The summed E-state index contributed by atoms with van der Waals surface area (Å²) in [5, 5.41) is 12.2. The number of rotatable bonds is 5. The van der Waals surface area contributed by atoms with Crippen LogP contribution in [0.5, 0.6) is 5.75 Å². The molecule has 0 aliphatic carbocycles. The van der Waals surface area contributed by atoms with Crippen molar-refractivity contribution in [2.45, 2.75) is 0 Å². The maximum atomic E-state index is 10.4. The number of nitrogens with two attached hydrogens (primary N) is 1. The number of halogens is 1. The highest BCUT2D eigenvalue weighted by molar-refractivity contribution is 6.32. The molecule has 0 fully saturated rings. The summed E-state index contributed by atoms with van der Waals surface area (Å²) in [5.74, 6) is -0.846. The number of aliphatic carboxylic acids is 1. The van der Waals surface area contributed by atoms with Crippen molar-refractivity contribution < 1.29 is 19.4 Å². The Bertz CT molecular complexity index is 490. The minimum atomic E-state index is -1.10. The third-order valence-electron chi connectivity index (χ3n) is 1.70. The molecule has 1 aromatic carbocycles.